The van der Waals surface area contributed by atoms with Crippen LogP contribution in [0.5, 0.6) is 0 Å². The summed E-state index contributed by atoms with van der Waals surface area (Å²) < 4.78 is 23.2. The predicted octanol–water partition coefficient (Wildman–Crippen LogP) is 0.133. The van der Waals surface area contributed by atoms with Crippen LogP contribution in [0.3, 0.4) is 0 Å². The van der Waals surface area contributed by atoms with E-state index in [-0.39, 0.29) is 36.3 Å². The first-order chi connectivity index (χ1) is 8.80. The minimum Gasteiger partial charge on any atom is -0.481 e. The number of nitrogens with zero attached hydrogens (tertiary/aromatic N) is 1. The number of carboxylic acids is 1. The van der Waals surface area contributed by atoms with Crippen LogP contribution >= 0.6 is 0 Å². The third-order valence-electron chi connectivity index (χ3n) is 3.94. The van der Waals surface area contributed by atoms with Gasteiger partial charge in [0.25, 0.3) is 0 Å². The number of amides is 1. The molecular formula is C12H19NO5S. The molecule has 0 aromatic rings. The Morgan fingerprint density at radius 3 is 2.53 bits per heavy atom. The molecular weight excluding hydrogens is 270 g/mol. The van der Waals surface area contributed by atoms with Crippen LogP contribution in [0, 0.1) is 11.8 Å². The average molecular weight is 289 g/mol. The molecule has 1 saturated carbocycles. The van der Waals surface area contributed by atoms with E-state index in [2.05, 4.69) is 0 Å². The van der Waals surface area contributed by atoms with Gasteiger partial charge in [0.1, 0.15) is 0 Å². The molecule has 6 nitrogen and oxygen atoms in total. The molecule has 1 aliphatic heterocycles. The van der Waals surface area contributed by atoms with Crippen molar-refractivity contribution in [1.82, 2.24) is 4.90 Å². The topological polar surface area (TPSA) is 91.8 Å². The van der Waals surface area contributed by atoms with E-state index in [0.717, 1.165) is 12.8 Å². The van der Waals surface area contributed by atoms with E-state index in [1.165, 1.54) is 4.90 Å². The van der Waals surface area contributed by atoms with Crippen molar-refractivity contribution in [1.29, 1.82) is 0 Å². The van der Waals surface area contributed by atoms with Crippen molar-refractivity contribution in [3.63, 3.8) is 0 Å². The summed E-state index contributed by atoms with van der Waals surface area (Å²) in [5, 5.41) is 8.86. The van der Waals surface area contributed by atoms with E-state index in [1.807, 2.05) is 6.92 Å². The lowest BCUT2D eigenvalue weighted by Gasteiger charge is -2.36. The average Bonchev–Trinajstić information content (AvgIpc) is 3.09. The number of sulfone groups is 1. The van der Waals surface area contributed by atoms with E-state index >= 15 is 0 Å². The zero-order valence-electron chi connectivity index (χ0n) is 10.9. The summed E-state index contributed by atoms with van der Waals surface area (Å²) in [6.07, 6.45) is 1.76. The molecule has 0 aromatic carbocycles. The van der Waals surface area contributed by atoms with Crippen LogP contribution in [-0.4, -0.2) is 54.4 Å². The van der Waals surface area contributed by atoms with Crippen molar-refractivity contribution < 1.29 is 23.1 Å². The number of carbonyl (C=O) groups excluding carboxylic acids is 1. The second kappa shape index (κ2) is 5.11. The second-order valence-electron chi connectivity index (χ2n) is 5.52. The van der Waals surface area contributed by atoms with E-state index in [0.29, 0.717) is 5.92 Å². The molecule has 2 fully saturated rings. The Labute approximate surface area is 112 Å². The summed E-state index contributed by atoms with van der Waals surface area (Å²) in [6.45, 7) is 1.97. The fourth-order valence-electron chi connectivity index (χ4n) is 2.61. The van der Waals surface area contributed by atoms with E-state index in [1.54, 1.807) is 0 Å². The molecule has 1 N–H and O–H groups in total. The molecule has 0 bridgehead atoms. The van der Waals surface area contributed by atoms with Gasteiger partial charge >= 0.3 is 5.97 Å². The van der Waals surface area contributed by atoms with Gasteiger partial charge in [-0.15, -0.1) is 0 Å². The maximum Gasteiger partial charge on any atom is 0.305 e. The molecule has 7 heteroatoms. The summed E-state index contributed by atoms with van der Waals surface area (Å²) >= 11 is 0. The molecule has 0 aromatic heterocycles. The van der Waals surface area contributed by atoms with Crippen LogP contribution in [0.4, 0.5) is 0 Å². The van der Waals surface area contributed by atoms with Gasteiger partial charge in [-0.2, -0.15) is 0 Å². The van der Waals surface area contributed by atoms with Gasteiger partial charge < -0.3 is 10.0 Å². The predicted molar refractivity (Wildman–Crippen MR) is 68.3 cm³/mol. The largest absolute Gasteiger partial charge is 0.481 e. The molecule has 0 spiro atoms. The monoisotopic (exact) mass is 289 g/mol. The maximum atomic E-state index is 12.3. The summed E-state index contributed by atoms with van der Waals surface area (Å²) in [6, 6.07) is -0.718. The Morgan fingerprint density at radius 2 is 2.00 bits per heavy atom. The zero-order valence-corrected chi connectivity index (χ0v) is 11.7. The zero-order chi connectivity index (χ0) is 14.2. The first-order valence-electron chi connectivity index (χ1n) is 6.53. The highest BCUT2D eigenvalue weighted by atomic mass is 32.2. The number of aliphatic carboxylic acids is 1. The van der Waals surface area contributed by atoms with Gasteiger partial charge in [0, 0.05) is 12.5 Å². The van der Waals surface area contributed by atoms with Crippen molar-refractivity contribution >= 4 is 21.7 Å². The van der Waals surface area contributed by atoms with Crippen LogP contribution in [0.2, 0.25) is 0 Å². The Balaban J connectivity index is 2.11. The van der Waals surface area contributed by atoms with Crippen LogP contribution in [0.25, 0.3) is 0 Å². The van der Waals surface area contributed by atoms with E-state index in [9.17, 15) is 18.0 Å². The number of carbonyl (C=O) groups is 2. The molecule has 2 atom stereocenters. The highest BCUT2D eigenvalue weighted by molar-refractivity contribution is 7.91. The molecule has 2 unspecified atom stereocenters. The first-order valence-corrected chi connectivity index (χ1v) is 8.35. The Hall–Kier alpha value is -1.11. The molecule has 2 rings (SSSR count). The lowest BCUT2D eigenvalue weighted by atomic mass is 10.0. The third kappa shape index (κ3) is 3.46. The number of hydrogen-bond acceptors (Lipinski definition) is 4. The number of carboxylic acid groups (broad SMARTS) is 1. The smallest absolute Gasteiger partial charge is 0.305 e. The molecule has 1 heterocycles. The third-order valence-corrected chi connectivity index (χ3v) is 5.64. The lowest BCUT2D eigenvalue weighted by Crippen LogP contribution is -2.53. The highest BCUT2D eigenvalue weighted by Crippen LogP contribution is 2.38. The molecule has 2 aliphatic rings. The van der Waals surface area contributed by atoms with Gasteiger partial charge in [-0.25, -0.2) is 8.42 Å². The number of hydrogen-bond donors (Lipinski definition) is 1. The highest BCUT2D eigenvalue weighted by Gasteiger charge is 2.40. The van der Waals surface area contributed by atoms with E-state index in [4.69, 9.17) is 5.11 Å². The van der Waals surface area contributed by atoms with Crippen LogP contribution in [0.15, 0.2) is 0 Å². The van der Waals surface area contributed by atoms with Gasteiger partial charge in [0.2, 0.25) is 5.91 Å². The molecule has 1 saturated heterocycles. The fourth-order valence-corrected chi connectivity index (χ4v) is 4.13. The standard InChI is InChI=1S/C12H19NO5S/c1-8(9-2-3-9)12(16)13-4-5-19(17,18)7-10(13)6-11(14)15/h8-10H,2-7H2,1H3,(H,14,15). The van der Waals surface area contributed by atoms with E-state index < -0.39 is 21.8 Å². The molecule has 1 aliphatic carbocycles. The first kappa shape index (κ1) is 14.3. The summed E-state index contributed by atoms with van der Waals surface area (Å²) in [4.78, 5) is 24.6. The Morgan fingerprint density at radius 1 is 1.37 bits per heavy atom. The van der Waals surface area contributed by atoms with Crippen LogP contribution in [-0.2, 0) is 19.4 Å². The quantitative estimate of drug-likeness (QED) is 0.794. The van der Waals surface area contributed by atoms with Gasteiger partial charge in [-0.3, -0.25) is 9.59 Å². The van der Waals surface area contributed by atoms with Crippen molar-refractivity contribution in [3.05, 3.63) is 0 Å². The van der Waals surface area contributed by atoms with Gasteiger partial charge in [0.05, 0.1) is 24.0 Å². The Kier molecular flexibility index (Phi) is 3.85. The lowest BCUT2D eigenvalue weighted by molar-refractivity contribution is -0.142. The summed E-state index contributed by atoms with van der Waals surface area (Å²) in [5.41, 5.74) is 0. The molecule has 108 valence electrons. The molecule has 0 radical (unpaired) electrons. The Bertz CT molecular complexity index is 482. The van der Waals surface area contributed by atoms with Crippen molar-refractivity contribution in [3.8, 4) is 0 Å². The summed E-state index contributed by atoms with van der Waals surface area (Å²) in [5.74, 6) is -1.20. The van der Waals surface area contributed by atoms with Gasteiger partial charge in [0.15, 0.2) is 9.84 Å². The normalized spacial score (nSPS) is 27.8. The van der Waals surface area contributed by atoms with Crippen molar-refractivity contribution in [2.45, 2.75) is 32.2 Å². The fraction of sp³-hybridized carbons (Fsp3) is 0.833. The summed E-state index contributed by atoms with van der Waals surface area (Å²) in [7, 11) is -3.23. The van der Waals surface area contributed by atoms with Gasteiger partial charge in [-0.1, -0.05) is 6.92 Å². The van der Waals surface area contributed by atoms with Gasteiger partial charge in [-0.05, 0) is 18.8 Å². The maximum absolute atomic E-state index is 12.3. The minimum atomic E-state index is -3.23. The van der Waals surface area contributed by atoms with Crippen molar-refractivity contribution in [2.75, 3.05) is 18.1 Å². The molecule has 1 amide bonds. The van der Waals surface area contributed by atoms with Crippen molar-refractivity contribution in [2.24, 2.45) is 11.8 Å². The SMILES string of the molecule is CC(C(=O)N1CCS(=O)(=O)CC1CC(=O)O)C1CC1. The molecule has 19 heavy (non-hydrogen) atoms. The minimum absolute atomic E-state index is 0.0632. The number of rotatable bonds is 4. The second-order valence-corrected chi connectivity index (χ2v) is 7.75. The van der Waals surface area contributed by atoms with Crippen LogP contribution in [0.1, 0.15) is 26.2 Å². The van der Waals surface area contributed by atoms with Crippen LogP contribution < -0.4 is 0 Å².